The van der Waals surface area contributed by atoms with Crippen LogP contribution in [-0.4, -0.2) is 33.4 Å². The van der Waals surface area contributed by atoms with Gasteiger partial charge in [-0.2, -0.15) is 5.10 Å². The zero-order chi connectivity index (χ0) is 23.2. The van der Waals surface area contributed by atoms with Crippen LogP contribution in [0, 0.1) is 0 Å². The fraction of sp³-hybridized carbons (Fsp3) is 0.115. The smallest absolute Gasteiger partial charge is 0.314 e. The number of rotatable bonds is 8. The molecule has 4 rings (SSSR count). The van der Waals surface area contributed by atoms with Crippen molar-refractivity contribution < 1.29 is 19.4 Å². The summed E-state index contributed by atoms with van der Waals surface area (Å²) in [6.45, 7) is -0.249. The molecule has 1 N–H and O–H groups in total. The highest BCUT2D eigenvalue weighted by molar-refractivity contribution is 6.30. The number of aliphatic carboxylic acids is 1. The quantitative estimate of drug-likeness (QED) is 0.368. The van der Waals surface area contributed by atoms with Crippen LogP contribution in [0.15, 0.2) is 91.1 Å². The molecule has 0 aliphatic carbocycles. The van der Waals surface area contributed by atoms with Gasteiger partial charge < -0.3 is 9.84 Å². The normalized spacial score (nSPS) is 11.7. The minimum absolute atomic E-state index is 0.0497. The van der Waals surface area contributed by atoms with Crippen LogP contribution in [0.4, 0.5) is 0 Å². The predicted molar refractivity (Wildman–Crippen MR) is 125 cm³/mol. The maximum atomic E-state index is 12.7. The lowest BCUT2D eigenvalue weighted by Gasteiger charge is -2.13. The molecular formula is C26H21ClN2O4. The Balaban J connectivity index is 1.56. The summed E-state index contributed by atoms with van der Waals surface area (Å²) < 4.78 is 7.08. The van der Waals surface area contributed by atoms with Crippen LogP contribution in [0.2, 0.25) is 5.02 Å². The standard InChI is InChI=1S/C26H21ClN2O4/c27-21-13-11-19(12-14-21)25-20(16-29(28-25)22-9-5-2-6-10-22)15-24(30)33-17-23(26(31)32)18-7-3-1-4-8-18/h1-14,16,23H,15,17H2,(H,31,32)/t23-/m1/s1. The second-order valence-electron chi connectivity index (χ2n) is 7.45. The first-order chi connectivity index (χ1) is 16.0. The fourth-order valence-corrected chi connectivity index (χ4v) is 3.61. The van der Waals surface area contributed by atoms with E-state index in [1.807, 2.05) is 42.5 Å². The number of carbonyl (C=O) groups is 2. The Morgan fingerprint density at radius 1 is 0.939 bits per heavy atom. The lowest BCUT2D eigenvalue weighted by atomic mass is 10.0. The first-order valence-corrected chi connectivity index (χ1v) is 10.7. The van der Waals surface area contributed by atoms with Gasteiger partial charge in [0.15, 0.2) is 0 Å². The van der Waals surface area contributed by atoms with Crippen LogP contribution in [0.1, 0.15) is 17.0 Å². The monoisotopic (exact) mass is 460 g/mol. The number of nitrogens with zero attached hydrogens (tertiary/aromatic N) is 2. The largest absolute Gasteiger partial charge is 0.481 e. The third kappa shape index (κ3) is 5.48. The summed E-state index contributed by atoms with van der Waals surface area (Å²) >= 11 is 6.02. The molecule has 4 aromatic rings. The van der Waals surface area contributed by atoms with Crippen LogP contribution in [0.25, 0.3) is 16.9 Å². The minimum Gasteiger partial charge on any atom is -0.481 e. The van der Waals surface area contributed by atoms with Crippen LogP contribution < -0.4 is 0 Å². The molecule has 0 bridgehead atoms. The Morgan fingerprint density at radius 3 is 2.21 bits per heavy atom. The topological polar surface area (TPSA) is 81.4 Å². The number of carboxylic acids is 1. The molecule has 0 saturated heterocycles. The Kier molecular flexibility index (Phi) is 6.86. The summed E-state index contributed by atoms with van der Waals surface area (Å²) in [5.41, 5.74) is 3.53. The molecule has 0 aliphatic heterocycles. The number of hydrogen-bond acceptors (Lipinski definition) is 4. The molecule has 7 heteroatoms. The number of benzene rings is 3. The summed E-state index contributed by atoms with van der Waals surface area (Å²) in [6, 6.07) is 25.5. The Labute approximate surface area is 196 Å². The highest BCUT2D eigenvalue weighted by atomic mass is 35.5. The van der Waals surface area contributed by atoms with Gasteiger partial charge in [-0.1, -0.05) is 72.3 Å². The first kappa shape index (κ1) is 22.3. The Bertz CT molecular complexity index is 1240. The van der Waals surface area contributed by atoms with Crippen molar-refractivity contribution in [3.8, 4) is 16.9 Å². The summed E-state index contributed by atoms with van der Waals surface area (Å²) in [4.78, 5) is 24.4. The van der Waals surface area contributed by atoms with Crippen molar-refractivity contribution in [2.24, 2.45) is 0 Å². The van der Waals surface area contributed by atoms with Crippen LogP contribution in [0.3, 0.4) is 0 Å². The molecule has 33 heavy (non-hydrogen) atoms. The van der Waals surface area contributed by atoms with Crippen molar-refractivity contribution in [3.05, 3.63) is 107 Å². The van der Waals surface area contributed by atoms with Crippen molar-refractivity contribution >= 4 is 23.5 Å². The van der Waals surface area contributed by atoms with E-state index in [0.717, 1.165) is 11.3 Å². The van der Waals surface area contributed by atoms with E-state index in [1.54, 1.807) is 53.3 Å². The molecule has 0 unspecified atom stereocenters. The molecule has 0 radical (unpaired) electrons. The summed E-state index contributed by atoms with van der Waals surface area (Å²) in [7, 11) is 0. The number of halogens is 1. The fourth-order valence-electron chi connectivity index (χ4n) is 3.48. The average molecular weight is 461 g/mol. The zero-order valence-electron chi connectivity index (χ0n) is 17.6. The van der Waals surface area contributed by atoms with E-state index >= 15 is 0 Å². The summed E-state index contributed by atoms with van der Waals surface area (Å²) in [5.74, 6) is -2.51. The molecule has 6 nitrogen and oxygen atoms in total. The van der Waals surface area contributed by atoms with Gasteiger partial charge in [0, 0.05) is 22.3 Å². The lowest BCUT2D eigenvalue weighted by Crippen LogP contribution is -2.21. The number of hydrogen-bond donors (Lipinski definition) is 1. The van der Waals surface area contributed by atoms with Crippen molar-refractivity contribution in [1.82, 2.24) is 9.78 Å². The second kappa shape index (κ2) is 10.1. The van der Waals surface area contributed by atoms with Gasteiger partial charge >= 0.3 is 11.9 Å². The van der Waals surface area contributed by atoms with Crippen LogP contribution >= 0.6 is 11.6 Å². The van der Waals surface area contributed by atoms with Crippen LogP contribution in [-0.2, 0) is 20.7 Å². The lowest BCUT2D eigenvalue weighted by molar-refractivity contribution is -0.147. The van der Waals surface area contributed by atoms with E-state index in [0.29, 0.717) is 21.8 Å². The third-order valence-electron chi connectivity index (χ3n) is 5.17. The van der Waals surface area contributed by atoms with Gasteiger partial charge in [-0.3, -0.25) is 9.59 Å². The first-order valence-electron chi connectivity index (χ1n) is 10.3. The molecule has 1 atom stereocenters. The van der Waals surface area contributed by atoms with E-state index in [4.69, 9.17) is 16.3 Å². The highest BCUT2D eigenvalue weighted by Gasteiger charge is 2.23. The van der Waals surface area contributed by atoms with Gasteiger partial charge in [0.05, 0.1) is 17.8 Å². The van der Waals surface area contributed by atoms with E-state index in [1.165, 1.54) is 0 Å². The number of carboxylic acid groups (broad SMARTS) is 1. The minimum atomic E-state index is -1.05. The maximum Gasteiger partial charge on any atom is 0.314 e. The Hall–Kier alpha value is -3.90. The van der Waals surface area contributed by atoms with Crippen LogP contribution in [0.5, 0.6) is 0 Å². The number of esters is 1. The molecule has 166 valence electrons. The maximum absolute atomic E-state index is 12.7. The van der Waals surface area contributed by atoms with E-state index in [2.05, 4.69) is 5.10 Å². The highest BCUT2D eigenvalue weighted by Crippen LogP contribution is 2.26. The van der Waals surface area contributed by atoms with Gasteiger partial charge in [-0.05, 0) is 29.8 Å². The average Bonchev–Trinajstić information content (AvgIpc) is 3.24. The molecule has 0 amide bonds. The third-order valence-corrected chi connectivity index (χ3v) is 5.43. The molecule has 1 heterocycles. The zero-order valence-corrected chi connectivity index (χ0v) is 18.4. The number of para-hydroxylation sites is 1. The van der Waals surface area contributed by atoms with Gasteiger partial charge in [0.2, 0.25) is 0 Å². The molecule has 0 spiro atoms. The van der Waals surface area contributed by atoms with Crippen molar-refractivity contribution in [2.75, 3.05) is 6.61 Å². The van der Waals surface area contributed by atoms with Crippen molar-refractivity contribution in [3.63, 3.8) is 0 Å². The van der Waals surface area contributed by atoms with E-state index in [9.17, 15) is 14.7 Å². The van der Waals surface area contributed by atoms with Crippen molar-refractivity contribution in [2.45, 2.75) is 12.3 Å². The van der Waals surface area contributed by atoms with Crippen molar-refractivity contribution in [1.29, 1.82) is 0 Å². The van der Waals surface area contributed by atoms with E-state index in [-0.39, 0.29) is 13.0 Å². The summed E-state index contributed by atoms with van der Waals surface area (Å²) in [5, 5.41) is 14.8. The number of ether oxygens (including phenoxy) is 1. The van der Waals surface area contributed by atoms with Gasteiger partial charge in [0.1, 0.15) is 12.5 Å². The molecule has 0 saturated carbocycles. The molecule has 3 aromatic carbocycles. The number of carbonyl (C=O) groups excluding carboxylic acids is 1. The number of aromatic nitrogens is 2. The second-order valence-corrected chi connectivity index (χ2v) is 7.89. The molecular weight excluding hydrogens is 440 g/mol. The summed E-state index contributed by atoms with van der Waals surface area (Å²) in [6.07, 6.45) is 1.73. The van der Waals surface area contributed by atoms with E-state index < -0.39 is 17.9 Å². The molecule has 1 aromatic heterocycles. The van der Waals surface area contributed by atoms with Gasteiger partial charge in [-0.15, -0.1) is 0 Å². The Morgan fingerprint density at radius 2 is 1.58 bits per heavy atom. The molecule has 0 aliphatic rings. The SMILES string of the molecule is O=C(Cc1cn(-c2ccccc2)nc1-c1ccc(Cl)cc1)OC[C@@H](C(=O)O)c1ccccc1. The predicted octanol–water partition coefficient (Wildman–Crippen LogP) is 5.15. The van der Waals surface area contributed by atoms with Gasteiger partial charge in [-0.25, -0.2) is 4.68 Å². The molecule has 0 fully saturated rings. The van der Waals surface area contributed by atoms with Gasteiger partial charge in [0.25, 0.3) is 0 Å².